The molecule has 0 saturated carbocycles. The molecule has 0 radical (unpaired) electrons. The molecule has 1 aromatic heterocycles. The molecular formula is C22H21N3O. The Kier molecular flexibility index (Phi) is 3.96. The number of aliphatic imine (C=N–C) groups is 1. The second-order valence-corrected chi connectivity index (χ2v) is 6.72. The second kappa shape index (κ2) is 6.30. The zero-order valence-corrected chi connectivity index (χ0v) is 15.2. The quantitative estimate of drug-likeness (QED) is 0.700. The maximum atomic E-state index is 6.26. The first kappa shape index (κ1) is 16.3. The van der Waals surface area contributed by atoms with Gasteiger partial charge in [0.2, 0.25) is 5.90 Å². The van der Waals surface area contributed by atoms with Crippen LogP contribution in [0.25, 0.3) is 0 Å². The number of para-hydroxylation sites is 3. The van der Waals surface area contributed by atoms with Crippen LogP contribution in [0, 0.1) is 13.8 Å². The van der Waals surface area contributed by atoms with Crippen LogP contribution < -0.4 is 10.1 Å². The number of ether oxygens (including phenoxy) is 1. The van der Waals surface area contributed by atoms with Crippen molar-refractivity contribution in [1.29, 1.82) is 0 Å². The van der Waals surface area contributed by atoms with Crippen LogP contribution in [0.3, 0.4) is 0 Å². The molecule has 1 atom stereocenters. The molecule has 1 N–H and O–H groups in total. The monoisotopic (exact) mass is 343 g/mol. The number of nitrogens with one attached hydrogen (secondary N) is 1. The van der Waals surface area contributed by atoms with Crippen molar-refractivity contribution in [1.82, 2.24) is 4.98 Å². The molecule has 130 valence electrons. The van der Waals surface area contributed by atoms with Crippen LogP contribution >= 0.6 is 0 Å². The van der Waals surface area contributed by atoms with Gasteiger partial charge in [-0.25, -0.2) is 4.99 Å². The van der Waals surface area contributed by atoms with E-state index in [9.17, 15) is 0 Å². The molecule has 0 spiro atoms. The van der Waals surface area contributed by atoms with Gasteiger partial charge in [0, 0.05) is 6.20 Å². The van der Waals surface area contributed by atoms with Gasteiger partial charge in [0.05, 0.1) is 17.1 Å². The normalized spacial score (nSPS) is 20.2. The predicted molar refractivity (Wildman–Crippen MR) is 105 cm³/mol. The number of hydrogen-bond donors (Lipinski definition) is 1. The van der Waals surface area contributed by atoms with Crippen molar-refractivity contribution in [2.45, 2.75) is 26.3 Å². The zero-order chi connectivity index (χ0) is 18.1. The van der Waals surface area contributed by atoms with Crippen LogP contribution in [-0.2, 0) is 5.54 Å². The summed E-state index contributed by atoms with van der Waals surface area (Å²) < 4.78 is 6.26. The van der Waals surface area contributed by atoms with E-state index in [0.29, 0.717) is 5.90 Å². The molecule has 2 aromatic carbocycles. The summed E-state index contributed by atoms with van der Waals surface area (Å²) in [7, 11) is 0. The summed E-state index contributed by atoms with van der Waals surface area (Å²) in [5.74, 6) is 1.36. The lowest BCUT2D eigenvalue weighted by Crippen LogP contribution is -2.47. The van der Waals surface area contributed by atoms with Crippen molar-refractivity contribution >= 4 is 17.3 Å². The van der Waals surface area contributed by atoms with E-state index < -0.39 is 5.54 Å². The summed E-state index contributed by atoms with van der Waals surface area (Å²) in [6.07, 6.45) is 1.79. The van der Waals surface area contributed by atoms with Gasteiger partial charge in [-0.15, -0.1) is 0 Å². The number of hydrogen-bond acceptors (Lipinski definition) is 4. The van der Waals surface area contributed by atoms with Crippen molar-refractivity contribution < 1.29 is 4.74 Å². The molecule has 4 heteroatoms. The number of fused-ring (bicyclic) bond motifs is 1. The number of aryl methyl sites for hydroxylation is 2. The van der Waals surface area contributed by atoms with E-state index >= 15 is 0 Å². The smallest absolute Gasteiger partial charge is 0.227 e. The minimum Gasteiger partial charge on any atom is -0.438 e. The number of benzene rings is 2. The molecular weight excluding hydrogens is 322 g/mol. The number of rotatable bonds is 2. The summed E-state index contributed by atoms with van der Waals surface area (Å²) in [5, 5.41) is 3.58. The van der Waals surface area contributed by atoms with Gasteiger partial charge < -0.3 is 10.1 Å². The SMILES string of the molecule is Cc1cccc(C)c1N=C1Oc2ccccc2N[C@@]1(C)c1ccccn1. The van der Waals surface area contributed by atoms with E-state index in [-0.39, 0.29) is 0 Å². The Balaban J connectivity index is 1.91. The predicted octanol–water partition coefficient (Wildman–Crippen LogP) is 5.15. The Morgan fingerprint density at radius 2 is 1.65 bits per heavy atom. The summed E-state index contributed by atoms with van der Waals surface area (Å²) >= 11 is 0. The van der Waals surface area contributed by atoms with Gasteiger partial charge in [-0.2, -0.15) is 0 Å². The standard InChI is InChI=1S/C22H21N3O/c1-15-9-8-10-16(2)20(15)24-21-22(3,19-13-6-7-14-23-19)25-17-11-4-5-12-18(17)26-21/h4-14,25H,1-3H3/t22-/m0/s1. The summed E-state index contributed by atoms with van der Waals surface area (Å²) in [6, 6.07) is 19.9. The topological polar surface area (TPSA) is 46.5 Å². The lowest BCUT2D eigenvalue weighted by Gasteiger charge is -2.37. The third-order valence-electron chi connectivity index (χ3n) is 4.74. The van der Waals surface area contributed by atoms with Crippen LogP contribution in [-0.4, -0.2) is 10.9 Å². The summed E-state index contributed by atoms with van der Waals surface area (Å²) in [4.78, 5) is 9.50. The minimum atomic E-state index is -0.662. The van der Waals surface area contributed by atoms with Crippen molar-refractivity contribution in [2.24, 2.45) is 4.99 Å². The van der Waals surface area contributed by atoms with Gasteiger partial charge in [0.15, 0.2) is 11.3 Å². The Hall–Kier alpha value is -3.14. The zero-order valence-electron chi connectivity index (χ0n) is 15.2. The highest BCUT2D eigenvalue weighted by atomic mass is 16.5. The highest BCUT2D eigenvalue weighted by molar-refractivity contribution is 5.97. The first-order valence-electron chi connectivity index (χ1n) is 8.70. The molecule has 1 aliphatic rings. The molecule has 4 nitrogen and oxygen atoms in total. The molecule has 4 rings (SSSR count). The highest BCUT2D eigenvalue weighted by Gasteiger charge is 2.40. The van der Waals surface area contributed by atoms with E-state index in [4.69, 9.17) is 9.73 Å². The van der Waals surface area contributed by atoms with E-state index in [1.54, 1.807) is 6.20 Å². The van der Waals surface area contributed by atoms with Crippen LogP contribution in [0.4, 0.5) is 11.4 Å². The molecule has 3 aromatic rings. The first-order valence-corrected chi connectivity index (χ1v) is 8.70. The minimum absolute atomic E-state index is 0.590. The van der Waals surface area contributed by atoms with Crippen LogP contribution in [0.15, 0.2) is 71.9 Å². The lowest BCUT2D eigenvalue weighted by molar-refractivity contribution is 0.459. The Bertz CT molecular complexity index is 961. The Morgan fingerprint density at radius 3 is 2.38 bits per heavy atom. The average molecular weight is 343 g/mol. The highest BCUT2D eigenvalue weighted by Crippen LogP contribution is 2.39. The second-order valence-electron chi connectivity index (χ2n) is 6.72. The molecule has 0 unspecified atom stereocenters. The van der Waals surface area contributed by atoms with Crippen molar-refractivity contribution in [3.8, 4) is 5.75 Å². The fourth-order valence-electron chi connectivity index (χ4n) is 3.24. The molecule has 26 heavy (non-hydrogen) atoms. The Labute approximate surface area is 153 Å². The molecule has 1 aliphatic heterocycles. The van der Waals surface area contributed by atoms with E-state index in [1.165, 1.54) is 0 Å². The number of aromatic nitrogens is 1. The molecule has 0 amide bonds. The Morgan fingerprint density at radius 1 is 0.923 bits per heavy atom. The third-order valence-corrected chi connectivity index (χ3v) is 4.74. The van der Waals surface area contributed by atoms with Gasteiger partial charge >= 0.3 is 0 Å². The molecule has 2 heterocycles. The van der Waals surface area contributed by atoms with Gasteiger partial charge in [0.25, 0.3) is 0 Å². The van der Waals surface area contributed by atoms with Crippen molar-refractivity contribution in [3.63, 3.8) is 0 Å². The first-order chi connectivity index (χ1) is 12.6. The maximum Gasteiger partial charge on any atom is 0.227 e. The molecule has 0 bridgehead atoms. The number of pyridine rings is 1. The van der Waals surface area contributed by atoms with Crippen LogP contribution in [0.5, 0.6) is 5.75 Å². The summed E-state index contributed by atoms with van der Waals surface area (Å²) in [6.45, 7) is 6.18. The van der Waals surface area contributed by atoms with Crippen molar-refractivity contribution in [2.75, 3.05) is 5.32 Å². The number of nitrogens with zero attached hydrogens (tertiary/aromatic N) is 2. The maximum absolute atomic E-state index is 6.26. The van der Waals surface area contributed by atoms with Crippen LogP contribution in [0.2, 0.25) is 0 Å². The molecule has 0 aliphatic carbocycles. The molecule has 0 saturated heterocycles. The van der Waals surface area contributed by atoms with E-state index in [1.807, 2.05) is 48.5 Å². The summed E-state index contributed by atoms with van der Waals surface area (Å²) in [5.41, 5.74) is 4.29. The van der Waals surface area contributed by atoms with Gasteiger partial charge in [-0.1, -0.05) is 36.4 Å². The fourth-order valence-corrected chi connectivity index (χ4v) is 3.24. The average Bonchev–Trinajstić information content (AvgIpc) is 2.66. The number of anilines is 1. The van der Waals surface area contributed by atoms with E-state index in [2.05, 4.69) is 43.2 Å². The van der Waals surface area contributed by atoms with E-state index in [0.717, 1.165) is 33.9 Å². The fraction of sp³-hybridized carbons (Fsp3) is 0.182. The van der Waals surface area contributed by atoms with Gasteiger partial charge in [-0.05, 0) is 56.2 Å². The van der Waals surface area contributed by atoms with Gasteiger partial charge in [0.1, 0.15) is 0 Å². The van der Waals surface area contributed by atoms with Crippen LogP contribution in [0.1, 0.15) is 23.7 Å². The van der Waals surface area contributed by atoms with Crippen molar-refractivity contribution in [3.05, 3.63) is 83.7 Å². The largest absolute Gasteiger partial charge is 0.438 e. The van der Waals surface area contributed by atoms with Gasteiger partial charge in [-0.3, -0.25) is 4.98 Å². The third kappa shape index (κ3) is 2.73. The molecule has 0 fully saturated rings. The lowest BCUT2D eigenvalue weighted by atomic mass is 9.94.